The molecule has 0 unspecified atom stereocenters. The van der Waals surface area contributed by atoms with Gasteiger partial charge in [-0.1, -0.05) is 42.4 Å². The van der Waals surface area contributed by atoms with Gasteiger partial charge in [0.2, 0.25) is 5.91 Å². The normalized spacial score (nSPS) is 16.8. The Morgan fingerprint density at radius 1 is 1.15 bits per heavy atom. The van der Waals surface area contributed by atoms with E-state index < -0.39 is 0 Å². The van der Waals surface area contributed by atoms with Gasteiger partial charge in [0.1, 0.15) is 11.9 Å². The third kappa shape index (κ3) is 4.93. The maximum absolute atomic E-state index is 13.7. The molecule has 2 aliphatic rings. The first-order chi connectivity index (χ1) is 19.3. The molecule has 3 aromatic carbocycles. The second-order valence-electron chi connectivity index (χ2n) is 10.8. The van der Waals surface area contributed by atoms with Crippen LogP contribution in [0.2, 0.25) is 5.02 Å². The molecule has 1 amide bonds. The highest BCUT2D eigenvalue weighted by Gasteiger charge is 2.31. The van der Waals surface area contributed by atoms with Crippen LogP contribution in [-0.4, -0.2) is 69.7 Å². The van der Waals surface area contributed by atoms with E-state index >= 15 is 0 Å². The molecule has 0 bridgehead atoms. The molecule has 4 aromatic rings. The van der Waals surface area contributed by atoms with Gasteiger partial charge in [0, 0.05) is 44.2 Å². The Balaban J connectivity index is 1.45. The van der Waals surface area contributed by atoms with E-state index in [1.807, 2.05) is 30.3 Å². The van der Waals surface area contributed by atoms with Crippen LogP contribution in [0.5, 0.6) is 11.6 Å². The van der Waals surface area contributed by atoms with Crippen molar-refractivity contribution in [2.24, 2.45) is 5.92 Å². The van der Waals surface area contributed by atoms with Crippen molar-refractivity contribution >= 4 is 39.3 Å². The van der Waals surface area contributed by atoms with E-state index in [0.29, 0.717) is 41.3 Å². The summed E-state index contributed by atoms with van der Waals surface area (Å²) in [6.07, 6.45) is 2.86. The summed E-state index contributed by atoms with van der Waals surface area (Å²) in [5, 5.41) is 12.7. The fourth-order valence-corrected chi connectivity index (χ4v) is 5.99. The van der Waals surface area contributed by atoms with Crippen molar-refractivity contribution in [1.29, 1.82) is 0 Å². The zero-order valence-corrected chi connectivity index (χ0v) is 23.1. The van der Waals surface area contributed by atoms with Crippen molar-refractivity contribution in [2.45, 2.75) is 25.5 Å². The molecule has 1 aromatic heterocycles. The number of carbonyl (C=O) groups excluding carboxylic acids is 1. The van der Waals surface area contributed by atoms with Crippen LogP contribution in [0, 0.1) is 5.92 Å². The fourth-order valence-electron chi connectivity index (χ4n) is 5.73. The smallest absolute Gasteiger partial charge is 0.313 e. The number of fused-ring (bicyclic) bond motifs is 2. The first kappa shape index (κ1) is 26.3. The number of phenols is 1. The number of hydrogen-bond donors (Lipinski definition) is 1. The van der Waals surface area contributed by atoms with Gasteiger partial charge in [-0.3, -0.25) is 9.59 Å². The van der Waals surface area contributed by atoms with Crippen LogP contribution in [0.3, 0.4) is 0 Å². The van der Waals surface area contributed by atoms with Gasteiger partial charge in [-0.25, -0.2) is 4.98 Å². The maximum atomic E-state index is 13.7. The number of carbonyl (C=O) groups is 1. The highest BCUT2D eigenvalue weighted by Crippen LogP contribution is 2.38. The van der Waals surface area contributed by atoms with Crippen LogP contribution in [0.1, 0.15) is 12.8 Å². The molecular weight excluding hydrogens is 528 g/mol. The molecule has 2 aliphatic heterocycles. The summed E-state index contributed by atoms with van der Waals surface area (Å²) < 4.78 is 7.92. The van der Waals surface area contributed by atoms with Crippen LogP contribution in [0.15, 0.2) is 66.0 Å². The standard InChI is InChI=1S/C31H31ClN4O4/c1-3-29(38)35-16-19(17-35)18-36-28-15-26(32)25(24-13-21(37)12-20-6-4-5-7-23(20)24)14-27(28)33-30(31(36)39)40-22-8-10-34(2)11-9-22/h3-7,12-15,19,22,37H,1,8-11,16-18H2,2H3. The number of aromatic hydroxyl groups is 1. The minimum absolute atomic E-state index is 0.0782. The molecule has 0 saturated carbocycles. The maximum Gasteiger partial charge on any atom is 0.313 e. The van der Waals surface area contributed by atoms with Gasteiger partial charge in [0.05, 0.1) is 16.1 Å². The van der Waals surface area contributed by atoms with Crippen molar-refractivity contribution in [3.05, 3.63) is 76.6 Å². The zero-order valence-electron chi connectivity index (χ0n) is 22.3. The van der Waals surface area contributed by atoms with Crippen molar-refractivity contribution < 1.29 is 14.6 Å². The largest absolute Gasteiger partial charge is 0.508 e. The highest BCUT2D eigenvalue weighted by molar-refractivity contribution is 6.34. The minimum Gasteiger partial charge on any atom is -0.508 e. The molecule has 8 nitrogen and oxygen atoms in total. The molecular formula is C31H31ClN4O4. The molecule has 3 heterocycles. The molecule has 0 radical (unpaired) electrons. The Morgan fingerprint density at radius 3 is 2.65 bits per heavy atom. The van der Waals surface area contributed by atoms with E-state index in [-0.39, 0.29) is 35.1 Å². The Kier molecular flexibility index (Phi) is 6.98. The zero-order chi connectivity index (χ0) is 28.0. The average molecular weight is 559 g/mol. The summed E-state index contributed by atoms with van der Waals surface area (Å²) in [4.78, 5) is 34.4. The number of nitrogens with zero attached hydrogens (tertiary/aromatic N) is 4. The number of aromatic nitrogens is 2. The molecule has 2 saturated heterocycles. The first-order valence-corrected chi connectivity index (χ1v) is 13.9. The Labute approximate surface area is 237 Å². The van der Waals surface area contributed by atoms with E-state index in [1.165, 1.54) is 6.08 Å². The quantitative estimate of drug-likeness (QED) is 0.345. The van der Waals surface area contributed by atoms with Crippen LogP contribution < -0.4 is 10.3 Å². The molecule has 2 fully saturated rings. The summed E-state index contributed by atoms with van der Waals surface area (Å²) >= 11 is 6.87. The molecule has 0 atom stereocenters. The lowest BCUT2D eigenvalue weighted by Crippen LogP contribution is -2.51. The van der Waals surface area contributed by atoms with E-state index in [1.54, 1.807) is 27.7 Å². The van der Waals surface area contributed by atoms with E-state index in [0.717, 1.165) is 42.3 Å². The highest BCUT2D eigenvalue weighted by atomic mass is 35.5. The third-order valence-electron chi connectivity index (χ3n) is 7.97. The Hall–Kier alpha value is -3.88. The number of rotatable bonds is 6. The van der Waals surface area contributed by atoms with Gasteiger partial charge in [0.25, 0.3) is 5.88 Å². The molecule has 40 heavy (non-hydrogen) atoms. The van der Waals surface area contributed by atoms with Gasteiger partial charge in [-0.2, -0.15) is 0 Å². The Morgan fingerprint density at radius 2 is 1.90 bits per heavy atom. The molecule has 9 heteroatoms. The summed E-state index contributed by atoms with van der Waals surface area (Å²) in [5.74, 6) is 0.212. The van der Waals surface area contributed by atoms with E-state index in [2.05, 4.69) is 18.5 Å². The molecule has 1 N–H and O–H groups in total. The van der Waals surface area contributed by atoms with Crippen molar-refractivity contribution in [3.8, 4) is 22.8 Å². The summed E-state index contributed by atoms with van der Waals surface area (Å²) in [5.41, 5.74) is 2.36. The second kappa shape index (κ2) is 10.6. The number of phenolic OH excluding ortho intramolecular Hbond substituents is 1. The molecule has 0 spiro atoms. The van der Waals surface area contributed by atoms with Crippen molar-refractivity contribution in [1.82, 2.24) is 19.4 Å². The second-order valence-corrected chi connectivity index (χ2v) is 11.2. The number of benzene rings is 3. The van der Waals surface area contributed by atoms with Crippen LogP contribution >= 0.6 is 11.6 Å². The summed E-state index contributed by atoms with van der Waals surface area (Å²) in [7, 11) is 2.08. The van der Waals surface area contributed by atoms with Crippen molar-refractivity contribution in [3.63, 3.8) is 0 Å². The van der Waals surface area contributed by atoms with E-state index in [4.69, 9.17) is 21.3 Å². The molecule has 206 valence electrons. The van der Waals surface area contributed by atoms with Crippen LogP contribution in [0.4, 0.5) is 0 Å². The lowest BCUT2D eigenvalue weighted by Gasteiger charge is -2.39. The fraction of sp³-hybridized carbons (Fsp3) is 0.323. The molecule has 0 aliphatic carbocycles. The first-order valence-electron chi connectivity index (χ1n) is 13.5. The van der Waals surface area contributed by atoms with Gasteiger partial charge in [0.15, 0.2) is 0 Å². The van der Waals surface area contributed by atoms with Gasteiger partial charge in [-0.05, 0) is 66.6 Å². The number of halogens is 1. The van der Waals surface area contributed by atoms with Crippen LogP contribution in [0.25, 0.3) is 32.9 Å². The SMILES string of the molecule is C=CC(=O)N1CC(Cn2c(=O)c(OC3CCN(C)CC3)nc3cc(-c4cc(O)cc5ccccc45)c(Cl)cc32)C1. The molecule has 6 rings (SSSR count). The Bertz CT molecular complexity index is 1690. The minimum atomic E-state index is -0.299. The van der Waals surface area contributed by atoms with Crippen LogP contribution in [-0.2, 0) is 11.3 Å². The number of ether oxygens (including phenoxy) is 1. The topological polar surface area (TPSA) is 87.9 Å². The van der Waals surface area contributed by atoms with E-state index in [9.17, 15) is 14.7 Å². The van der Waals surface area contributed by atoms with Gasteiger partial charge < -0.3 is 24.2 Å². The number of likely N-dealkylation sites (tertiary alicyclic amines) is 2. The number of hydrogen-bond acceptors (Lipinski definition) is 6. The number of piperidine rings is 1. The summed E-state index contributed by atoms with van der Waals surface area (Å²) in [6.45, 7) is 6.86. The van der Waals surface area contributed by atoms with Gasteiger partial charge >= 0.3 is 5.56 Å². The third-order valence-corrected chi connectivity index (χ3v) is 8.28. The monoisotopic (exact) mass is 558 g/mol. The predicted molar refractivity (Wildman–Crippen MR) is 157 cm³/mol. The lowest BCUT2D eigenvalue weighted by molar-refractivity contribution is -0.132. The number of amides is 1. The average Bonchev–Trinajstić information content (AvgIpc) is 2.92. The van der Waals surface area contributed by atoms with Crippen molar-refractivity contribution in [2.75, 3.05) is 33.2 Å². The van der Waals surface area contributed by atoms with Gasteiger partial charge in [-0.15, -0.1) is 0 Å². The lowest BCUT2D eigenvalue weighted by atomic mass is 9.97. The summed E-state index contributed by atoms with van der Waals surface area (Å²) in [6, 6.07) is 14.8. The predicted octanol–water partition coefficient (Wildman–Crippen LogP) is 4.69.